The summed E-state index contributed by atoms with van der Waals surface area (Å²) in [5, 5.41) is 18.2. The number of nitrogens with one attached hydrogen (secondary N) is 1. The normalized spacial score (nSPS) is 19.3. The number of aliphatic hydroxyl groups is 1. The quantitative estimate of drug-likeness (QED) is 0.249. The Morgan fingerprint density at radius 3 is 2.74 bits per heavy atom. The number of para-hydroxylation sites is 1. The molecular weight excluding hydrogens is 556 g/mol. The Kier molecular flexibility index (Phi) is 7.43. The molecule has 7 rings (SSSR count). The van der Waals surface area contributed by atoms with Crippen LogP contribution in [0.1, 0.15) is 28.6 Å². The number of aromatic amines is 1. The Labute approximate surface area is 246 Å². The lowest BCUT2D eigenvalue weighted by atomic mass is 9.86. The molecule has 0 radical (unpaired) electrons. The molecule has 0 aliphatic carbocycles. The van der Waals surface area contributed by atoms with Gasteiger partial charge in [-0.15, -0.1) is 5.10 Å². The van der Waals surface area contributed by atoms with E-state index in [9.17, 15) is 9.59 Å². The van der Waals surface area contributed by atoms with Crippen LogP contribution in [0.4, 0.5) is 0 Å². The predicted molar refractivity (Wildman–Crippen MR) is 151 cm³/mol. The molecule has 2 aromatic carbocycles. The number of nitrogens with zero attached hydrogens (tertiary/aromatic N) is 5. The first kappa shape index (κ1) is 27.4. The molecule has 13 nitrogen and oxygen atoms in total. The second-order valence-electron chi connectivity index (χ2n) is 10.7. The number of aliphatic hydroxyl groups excluding tert-OH is 1. The zero-order chi connectivity index (χ0) is 29.3. The van der Waals surface area contributed by atoms with Crippen molar-refractivity contribution in [3.8, 4) is 11.5 Å². The van der Waals surface area contributed by atoms with Gasteiger partial charge < -0.3 is 38.8 Å². The highest BCUT2D eigenvalue weighted by Crippen LogP contribution is 2.45. The van der Waals surface area contributed by atoms with Crippen LogP contribution in [0.15, 0.2) is 48.7 Å². The van der Waals surface area contributed by atoms with Gasteiger partial charge in [-0.25, -0.2) is 4.68 Å². The van der Waals surface area contributed by atoms with Crippen molar-refractivity contribution in [3.05, 3.63) is 71.2 Å². The highest BCUT2D eigenvalue weighted by molar-refractivity contribution is 5.97. The van der Waals surface area contributed by atoms with Crippen LogP contribution >= 0.6 is 0 Å². The fourth-order valence-corrected chi connectivity index (χ4v) is 6.15. The highest BCUT2D eigenvalue weighted by atomic mass is 16.7. The molecule has 0 spiro atoms. The first-order valence-electron chi connectivity index (χ1n) is 14.3. The van der Waals surface area contributed by atoms with Crippen molar-refractivity contribution < 1.29 is 33.6 Å². The van der Waals surface area contributed by atoms with Gasteiger partial charge in [-0.1, -0.05) is 29.5 Å². The minimum atomic E-state index is -0.667. The zero-order valence-electron chi connectivity index (χ0n) is 23.5. The van der Waals surface area contributed by atoms with Crippen molar-refractivity contribution in [2.75, 3.05) is 46.4 Å². The molecule has 2 aromatic heterocycles. The van der Waals surface area contributed by atoms with E-state index in [-0.39, 0.29) is 44.9 Å². The molecule has 0 unspecified atom stereocenters. The second kappa shape index (κ2) is 11.7. The fraction of sp³-hybridized carbons (Fsp3) is 0.400. The number of hydrogen-bond donors (Lipinski definition) is 2. The van der Waals surface area contributed by atoms with Crippen molar-refractivity contribution in [1.82, 2.24) is 29.8 Å². The Morgan fingerprint density at radius 2 is 1.86 bits per heavy atom. The fourth-order valence-electron chi connectivity index (χ4n) is 6.15. The van der Waals surface area contributed by atoms with Crippen LogP contribution in [0.3, 0.4) is 0 Å². The Bertz CT molecular complexity index is 1650. The van der Waals surface area contributed by atoms with Gasteiger partial charge in [-0.3, -0.25) is 9.59 Å². The van der Waals surface area contributed by atoms with Crippen LogP contribution in [0.25, 0.3) is 10.9 Å². The van der Waals surface area contributed by atoms with E-state index < -0.39 is 12.1 Å². The average molecular weight is 589 g/mol. The molecule has 2 amide bonds. The molecule has 0 saturated carbocycles. The molecule has 1 fully saturated rings. The Hall–Kier alpha value is -4.46. The number of carbonyl (C=O) groups is 2. The van der Waals surface area contributed by atoms with E-state index in [2.05, 4.69) is 15.3 Å². The molecule has 43 heavy (non-hydrogen) atoms. The number of benzene rings is 2. The van der Waals surface area contributed by atoms with Crippen LogP contribution in [0.2, 0.25) is 0 Å². The van der Waals surface area contributed by atoms with Gasteiger partial charge in [0.25, 0.3) is 0 Å². The Balaban J connectivity index is 1.11. The van der Waals surface area contributed by atoms with Gasteiger partial charge in [-0.05, 0) is 29.3 Å². The number of fused-ring (bicyclic) bond motifs is 5. The molecule has 2 atom stereocenters. The third-order valence-electron chi connectivity index (χ3n) is 8.07. The molecule has 0 bridgehead atoms. The van der Waals surface area contributed by atoms with E-state index in [0.29, 0.717) is 50.0 Å². The molecule has 224 valence electrons. The summed E-state index contributed by atoms with van der Waals surface area (Å²) in [6, 6.07) is 12.6. The van der Waals surface area contributed by atoms with Crippen LogP contribution in [-0.2, 0) is 38.6 Å². The molecule has 3 aliphatic heterocycles. The summed E-state index contributed by atoms with van der Waals surface area (Å²) in [5.41, 5.74) is 4.36. The number of piperazine rings is 1. The van der Waals surface area contributed by atoms with Crippen molar-refractivity contribution >= 4 is 22.7 Å². The van der Waals surface area contributed by atoms with Crippen LogP contribution < -0.4 is 9.47 Å². The van der Waals surface area contributed by atoms with E-state index in [1.54, 1.807) is 20.7 Å². The molecule has 2 N–H and O–H groups in total. The molecule has 4 aromatic rings. The molecule has 3 aliphatic rings. The second-order valence-corrected chi connectivity index (χ2v) is 10.7. The van der Waals surface area contributed by atoms with E-state index in [0.717, 1.165) is 27.7 Å². The van der Waals surface area contributed by atoms with Crippen molar-refractivity contribution in [2.45, 2.75) is 31.6 Å². The molecular formula is C30H32N6O7. The Morgan fingerprint density at radius 1 is 1.02 bits per heavy atom. The number of hydrogen-bond acceptors (Lipinski definition) is 9. The maximum Gasteiger partial charge on any atom is 0.246 e. The van der Waals surface area contributed by atoms with Gasteiger partial charge in [0.1, 0.15) is 18.3 Å². The standard InChI is InChI=1S/C30H32N6O7/c37-8-10-41-12-11-40-9-7-35-16-20(32-33-35)15-34-17-27(38)36-24(30(34)39)14-22-21-3-1-2-4-23(21)31-28(22)29(36)19-5-6-25-26(13-19)43-18-42-25/h1-6,13,16,24,29,31,37H,7-12,14-15,17-18H2/t24-,29-/m1/s1. The minimum Gasteiger partial charge on any atom is -0.454 e. The van der Waals surface area contributed by atoms with Crippen molar-refractivity contribution in [3.63, 3.8) is 0 Å². The summed E-state index contributed by atoms with van der Waals surface area (Å²) in [7, 11) is 0. The summed E-state index contributed by atoms with van der Waals surface area (Å²) in [5.74, 6) is 1.02. The van der Waals surface area contributed by atoms with Gasteiger partial charge in [0, 0.05) is 23.0 Å². The van der Waals surface area contributed by atoms with Crippen molar-refractivity contribution in [2.24, 2.45) is 0 Å². The third kappa shape index (κ3) is 5.19. The number of amides is 2. The summed E-state index contributed by atoms with van der Waals surface area (Å²) in [6.07, 6.45) is 2.18. The number of H-pyrrole nitrogens is 1. The van der Waals surface area contributed by atoms with E-state index in [4.69, 9.17) is 24.1 Å². The maximum absolute atomic E-state index is 14.0. The maximum atomic E-state index is 14.0. The van der Waals surface area contributed by atoms with Gasteiger partial charge in [0.05, 0.1) is 58.4 Å². The van der Waals surface area contributed by atoms with Crippen LogP contribution in [-0.4, -0.2) is 99.1 Å². The summed E-state index contributed by atoms with van der Waals surface area (Å²) < 4.78 is 23.5. The predicted octanol–water partition coefficient (Wildman–Crippen LogP) is 1.40. The zero-order valence-corrected chi connectivity index (χ0v) is 23.5. The number of carbonyl (C=O) groups excluding carboxylic acids is 2. The first-order chi connectivity index (χ1) is 21.1. The summed E-state index contributed by atoms with van der Waals surface area (Å²) in [6.45, 7) is 2.25. The summed E-state index contributed by atoms with van der Waals surface area (Å²) in [4.78, 5) is 34.8. The van der Waals surface area contributed by atoms with E-state index >= 15 is 0 Å². The van der Waals surface area contributed by atoms with Crippen LogP contribution in [0, 0.1) is 0 Å². The van der Waals surface area contributed by atoms with Gasteiger partial charge in [0.2, 0.25) is 18.6 Å². The van der Waals surface area contributed by atoms with Crippen molar-refractivity contribution in [1.29, 1.82) is 0 Å². The smallest absolute Gasteiger partial charge is 0.246 e. The lowest BCUT2D eigenvalue weighted by Crippen LogP contribution is -2.62. The SMILES string of the molecule is O=C1[C@H]2Cc3c([nH]c4ccccc34)[C@@H](c3ccc4c(c3)OCO4)N2C(=O)CN1Cc1cn(CCOCCOCCO)nn1. The van der Waals surface area contributed by atoms with Gasteiger partial charge in [0.15, 0.2) is 11.5 Å². The number of rotatable bonds is 11. The monoisotopic (exact) mass is 588 g/mol. The molecule has 1 saturated heterocycles. The topological polar surface area (TPSA) is 144 Å². The summed E-state index contributed by atoms with van der Waals surface area (Å²) >= 11 is 0. The number of ether oxygens (including phenoxy) is 4. The lowest BCUT2D eigenvalue weighted by Gasteiger charge is -2.47. The molecule has 5 heterocycles. The van der Waals surface area contributed by atoms with Crippen LogP contribution in [0.5, 0.6) is 11.5 Å². The molecule has 13 heteroatoms. The van der Waals surface area contributed by atoms with E-state index in [1.807, 2.05) is 42.5 Å². The largest absolute Gasteiger partial charge is 0.454 e. The highest BCUT2D eigenvalue weighted by Gasteiger charge is 2.48. The lowest BCUT2D eigenvalue weighted by molar-refractivity contribution is -0.159. The third-order valence-corrected chi connectivity index (χ3v) is 8.07. The van der Waals surface area contributed by atoms with E-state index in [1.165, 1.54) is 0 Å². The first-order valence-corrected chi connectivity index (χ1v) is 14.3. The average Bonchev–Trinajstić information content (AvgIpc) is 3.76. The minimum absolute atomic E-state index is 0.0177. The number of aromatic nitrogens is 4. The van der Waals surface area contributed by atoms with Gasteiger partial charge >= 0.3 is 0 Å². The van der Waals surface area contributed by atoms with Gasteiger partial charge in [-0.2, -0.15) is 0 Å².